The highest BCUT2D eigenvalue weighted by molar-refractivity contribution is 7.99. The number of nitrogens with zero attached hydrogens (tertiary/aromatic N) is 2. The predicted octanol–water partition coefficient (Wildman–Crippen LogP) is 5.97. The van der Waals surface area contributed by atoms with E-state index in [-0.39, 0.29) is 12.5 Å². The van der Waals surface area contributed by atoms with E-state index in [1.165, 1.54) is 0 Å². The number of rotatable bonds is 4. The summed E-state index contributed by atoms with van der Waals surface area (Å²) in [5.74, 6) is 0.0396. The van der Waals surface area contributed by atoms with Crippen LogP contribution in [0.25, 0.3) is 12.2 Å². The maximum absolute atomic E-state index is 13.4. The number of fused-ring (bicyclic) bond motifs is 2. The van der Waals surface area contributed by atoms with Gasteiger partial charge in [-0.3, -0.25) is 9.69 Å². The van der Waals surface area contributed by atoms with Crippen LogP contribution in [-0.2, 0) is 11.3 Å². The fourth-order valence-corrected chi connectivity index (χ4v) is 4.70. The summed E-state index contributed by atoms with van der Waals surface area (Å²) in [5.41, 5.74) is 4.14. The molecular formula is C27H21N2OS+. The van der Waals surface area contributed by atoms with E-state index < -0.39 is 0 Å². The zero-order valence-electron chi connectivity index (χ0n) is 16.9. The lowest BCUT2D eigenvalue weighted by Crippen LogP contribution is -2.43. The molecule has 31 heavy (non-hydrogen) atoms. The second kappa shape index (κ2) is 8.62. The Morgan fingerprint density at radius 3 is 1.84 bits per heavy atom. The minimum absolute atomic E-state index is 0.0396. The van der Waals surface area contributed by atoms with Crippen LogP contribution < -0.4 is 9.47 Å². The Kier molecular flexibility index (Phi) is 5.38. The van der Waals surface area contributed by atoms with Crippen LogP contribution in [0.2, 0.25) is 0 Å². The van der Waals surface area contributed by atoms with Crippen LogP contribution in [0.4, 0.5) is 11.4 Å². The summed E-state index contributed by atoms with van der Waals surface area (Å²) in [6.07, 6.45) is 8.08. The highest BCUT2D eigenvalue weighted by Crippen LogP contribution is 2.47. The average molecular weight is 422 g/mol. The van der Waals surface area contributed by atoms with Crippen LogP contribution in [0.5, 0.6) is 0 Å². The molecule has 1 aliphatic rings. The Bertz CT molecular complexity index is 1200. The standard InChI is InChI=1S/C27H21N2OS/c30-27(20-28-18-16-22(17-19-28)15-14-21-8-2-1-3-9-21)29-23-10-4-6-12-25(23)31-26-13-7-5-11-24(26)29/h1-19H,20H2/q+1/b15-14+. The lowest BCUT2D eigenvalue weighted by atomic mass is 10.1. The van der Waals surface area contributed by atoms with Gasteiger partial charge in [0.05, 0.1) is 11.4 Å². The molecule has 0 radical (unpaired) electrons. The predicted molar refractivity (Wildman–Crippen MR) is 126 cm³/mol. The van der Waals surface area contributed by atoms with Crippen LogP contribution >= 0.6 is 11.8 Å². The van der Waals surface area contributed by atoms with Crippen LogP contribution in [0.15, 0.2) is 113 Å². The molecule has 0 saturated carbocycles. The van der Waals surface area contributed by atoms with Gasteiger partial charge in [0.25, 0.3) is 5.91 Å². The Hall–Kier alpha value is -3.63. The van der Waals surface area contributed by atoms with Gasteiger partial charge in [-0.2, -0.15) is 4.57 Å². The van der Waals surface area contributed by atoms with Gasteiger partial charge in [-0.25, -0.2) is 0 Å². The van der Waals surface area contributed by atoms with E-state index in [1.54, 1.807) is 11.8 Å². The third-order valence-electron chi connectivity index (χ3n) is 5.18. The number of carbonyl (C=O) groups excluding carboxylic acids is 1. The summed E-state index contributed by atoms with van der Waals surface area (Å²) in [4.78, 5) is 17.4. The Labute approximate surface area is 186 Å². The summed E-state index contributed by atoms with van der Waals surface area (Å²) in [7, 11) is 0. The summed E-state index contributed by atoms with van der Waals surface area (Å²) in [6.45, 7) is 0.274. The molecule has 2 heterocycles. The largest absolute Gasteiger partial charge is 0.297 e. The number of hydrogen-bond donors (Lipinski definition) is 0. The molecule has 0 saturated heterocycles. The van der Waals surface area contributed by atoms with Gasteiger partial charge in [-0.15, -0.1) is 0 Å². The first-order valence-corrected chi connectivity index (χ1v) is 11.0. The minimum atomic E-state index is 0.0396. The molecule has 0 fully saturated rings. The molecule has 150 valence electrons. The van der Waals surface area contributed by atoms with Crippen molar-refractivity contribution >= 4 is 41.2 Å². The lowest BCUT2D eigenvalue weighted by molar-refractivity contribution is -0.684. The number of aromatic nitrogens is 1. The maximum atomic E-state index is 13.4. The van der Waals surface area contributed by atoms with Crippen molar-refractivity contribution in [3.05, 3.63) is 115 Å². The quantitative estimate of drug-likeness (QED) is 0.379. The number of amides is 1. The number of hydrogen-bond acceptors (Lipinski definition) is 2. The van der Waals surface area contributed by atoms with Crippen LogP contribution in [0.1, 0.15) is 11.1 Å². The zero-order valence-corrected chi connectivity index (χ0v) is 17.7. The molecule has 0 N–H and O–H groups in total. The van der Waals surface area contributed by atoms with Crippen molar-refractivity contribution in [1.29, 1.82) is 0 Å². The highest BCUT2D eigenvalue weighted by atomic mass is 32.2. The molecule has 1 aliphatic heterocycles. The first kappa shape index (κ1) is 19.3. The fourth-order valence-electron chi connectivity index (χ4n) is 3.64. The summed E-state index contributed by atoms with van der Waals surface area (Å²) < 4.78 is 1.93. The molecule has 0 spiro atoms. The molecular weight excluding hydrogens is 400 g/mol. The SMILES string of the molecule is O=C(C[n+]1ccc(/C=C/c2ccccc2)cc1)N1c2ccccc2Sc2ccccc21. The third-order valence-corrected chi connectivity index (χ3v) is 6.31. The summed E-state index contributed by atoms with van der Waals surface area (Å²) >= 11 is 1.71. The van der Waals surface area contributed by atoms with Crippen molar-refractivity contribution in [3.63, 3.8) is 0 Å². The second-order valence-electron chi connectivity index (χ2n) is 7.31. The van der Waals surface area contributed by atoms with E-state index in [9.17, 15) is 4.79 Å². The Morgan fingerprint density at radius 1 is 0.710 bits per heavy atom. The Morgan fingerprint density at radius 2 is 1.23 bits per heavy atom. The van der Waals surface area contributed by atoms with E-state index in [2.05, 4.69) is 36.4 Å². The second-order valence-corrected chi connectivity index (χ2v) is 8.40. The van der Waals surface area contributed by atoms with Gasteiger partial charge in [0.15, 0.2) is 12.4 Å². The number of carbonyl (C=O) groups is 1. The van der Waals surface area contributed by atoms with E-state index >= 15 is 0 Å². The van der Waals surface area contributed by atoms with Gasteiger partial charge in [0, 0.05) is 21.9 Å². The van der Waals surface area contributed by atoms with E-state index in [4.69, 9.17) is 0 Å². The molecule has 0 bridgehead atoms. The molecule has 4 aromatic rings. The summed E-state index contributed by atoms with van der Waals surface area (Å²) in [6, 6.07) is 30.4. The van der Waals surface area contributed by atoms with Crippen molar-refractivity contribution < 1.29 is 9.36 Å². The van der Waals surface area contributed by atoms with E-state index in [0.29, 0.717) is 0 Å². The van der Waals surface area contributed by atoms with Crippen molar-refractivity contribution in [1.82, 2.24) is 0 Å². The zero-order chi connectivity index (χ0) is 21.0. The molecule has 4 heteroatoms. The van der Waals surface area contributed by atoms with Gasteiger partial charge in [0.2, 0.25) is 6.54 Å². The van der Waals surface area contributed by atoms with Crippen molar-refractivity contribution in [2.75, 3.05) is 4.90 Å². The first-order chi connectivity index (χ1) is 15.3. The minimum Gasteiger partial charge on any atom is -0.273 e. The number of benzene rings is 3. The third kappa shape index (κ3) is 4.16. The average Bonchev–Trinajstić information content (AvgIpc) is 2.82. The van der Waals surface area contributed by atoms with Crippen molar-refractivity contribution in [3.8, 4) is 0 Å². The molecule has 1 amide bonds. The molecule has 0 atom stereocenters. The molecule has 3 aromatic carbocycles. The normalized spacial score (nSPS) is 12.5. The smallest absolute Gasteiger partial charge is 0.273 e. The Balaban J connectivity index is 1.37. The van der Waals surface area contributed by atoms with Crippen LogP contribution in [0, 0.1) is 0 Å². The number of anilines is 2. The molecule has 3 nitrogen and oxygen atoms in total. The molecule has 1 aromatic heterocycles. The van der Waals surface area contributed by atoms with E-state index in [0.717, 1.165) is 32.3 Å². The van der Waals surface area contributed by atoms with Crippen molar-refractivity contribution in [2.45, 2.75) is 16.3 Å². The number of para-hydroxylation sites is 2. The van der Waals surface area contributed by atoms with Crippen molar-refractivity contribution in [2.24, 2.45) is 0 Å². The lowest BCUT2D eigenvalue weighted by Gasteiger charge is -2.30. The van der Waals surface area contributed by atoms with Crippen LogP contribution in [-0.4, -0.2) is 5.91 Å². The monoisotopic (exact) mass is 421 g/mol. The molecule has 0 aliphatic carbocycles. The molecule has 5 rings (SSSR count). The fraction of sp³-hybridized carbons (Fsp3) is 0.0370. The first-order valence-electron chi connectivity index (χ1n) is 10.2. The molecule has 0 unspecified atom stereocenters. The topological polar surface area (TPSA) is 24.2 Å². The van der Waals surface area contributed by atoms with Gasteiger partial charge in [-0.1, -0.05) is 78.5 Å². The van der Waals surface area contributed by atoms with Gasteiger partial charge >= 0.3 is 0 Å². The van der Waals surface area contributed by atoms with Gasteiger partial charge in [-0.05, 0) is 35.4 Å². The summed E-state index contributed by atoms with van der Waals surface area (Å²) in [5, 5.41) is 0. The maximum Gasteiger partial charge on any atom is 0.297 e. The van der Waals surface area contributed by atoms with Crippen LogP contribution in [0.3, 0.4) is 0 Å². The van der Waals surface area contributed by atoms with Gasteiger partial charge in [0.1, 0.15) is 0 Å². The number of pyridine rings is 1. The highest BCUT2D eigenvalue weighted by Gasteiger charge is 2.29. The van der Waals surface area contributed by atoms with E-state index in [1.807, 2.05) is 88.6 Å². The van der Waals surface area contributed by atoms with Gasteiger partial charge < -0.3 is 0 Å².